The van der Waals surface area contributed by atoms with Gasteiger partial charge < -0.3 is 0 Å². The predicted octanol–water partition coefficient (Wildman–Crippen LogP) is 14.3. The predicted molar refractivity (Wildman–Crippen MR) is 262 cm³/mol. The molecule has 64 heavy (non-hydrogen) atoms. The summed E-state index contributed by atoms with van der Waals surface area (Å²) in [5.41, 5.74) is 15.4. The van der Waals surface area contributed by atoms with Gasteiger partial charge in [0, 0.05) is 11.8 Å². The van der Waals surface area contributed by atoms with Gasteiger partial charge in [-0.25, -0.2) is 24.9 Å². The maximum Gasteiger partial charge on any atom is 0.0894 e. The van der Waals surface area contributed by atoms with Gasteiger partial charge in [0.1, 0.15) is 0 Å². The highest BCUT2D eigenvalue weighted by molar-refractivity contribution is 6.21. The van der Waals surface area contributed by atoms with E-state index in [9.17, 15) is 0 Å². The van der Waals surface area contributed by atoms with Crippen molar-refractivity contribution in [1.82, 2.24) is 29.9 Å². The number of aromatic nitrogens is 6. The normalized spacial score (nSPS) is 11.2. The van der Waals surface area contributed by atoms with Gasteiger partial charge in [0.05, 0.1) is 62.6 Å². The van der Waals surface area contributed by atoms with Crippen LogP contribution in [0.25, 0.3) is 118 Å². The Balaban J connectivity index is 0.885. The fraction of sp³-hybridized carbons (Fsp3) is 0. The van der Waals surface area contributed by atoms with Gasteiger partial charge >= 0.3 is 0 Å². The molecule has 6 heterocycles. The van der Waals surface area contributed by atoms with E-state index < -0.39 is 0 Å². The minimum absolute atomic E-state index is 0.742. The molecule has 0 fully saturated rings. The largest absolute Gasteiger partial charge is 0.255 e. The molecule has 11 aromatic rings. The summed E-state index contributed by atoms with van der Waals surface area (Å²) in [5.74, 6) is 0. The standard InChI is InChI=1S/C58H38N6/c1-2-38-29-31-40(32-30-38)57-42-14-3-5-16-44(42)58(45-17-6-4-15-43(45)57)41-35-33-39(34-36-41)46-19-9-21-49(60-46)50-23-11-25-53(62-50)54-27-13-28-56(64-54)55-26-12-24-52(63-55)51-22-10-20-48(61-51)47-18-7-8-37-59-47/h2-37H,1H2. The van der Waals surface area contributed by atoms with Crippen LogP contribution in [-0.4, -0.2) is 29.9 Å². The maximum absolute atomic E-state index is 5.13. The Morgan fingerprint density at radius 2 is 0.562 bits per heavy atom. The molecular weight excluding hydrogens is 781 g/mol. The molecule has 0 bridgehead atoms. The van der Waals surface area contributed by atoms with Crippen molar-refractivity contribution in [3.63, 3.8) is 0 Å². The van der Waals surface area contributed by atoms with Crippen LogP contribution in [0.5, 0.6) is 0 Å². The highest BCUT2D eigenvalue weighted by Crippen LogP contribution is 2.44. The number of nitrogens with zero attached hydrogens (tertiary/aromatic N) is 6. The summed E-state index contributed by atoms with van der Waals surface area (Å²) in [4.78, 5) is 29.5. The van der Waals surface area contributed by atoms with Crippen LogP contribution < -0.4 is 0 Å². The molecule has 0 amide bonds. The van der Waals surface area contributed by atoms with Gasteiger partial charge in [0.2, 0.25) is 0 Å². The van der Waals surface area contributed by atoms with Crippen LogP contribution >= 0.6 is 0 Å². The summed E-state index contributed by atoms with van der Waals surface area (Å²) in [7, 11) is 0. The summed E-state index contributed by atoms with van der Waals surface area (Å²) in [6, 6.07) is 70.5. The Bertz CT molecular complexity index is 3450. The first-order valence-corrected chi connectivity index (χ1v) is 21.2. The molecule has 0 spiro atoms. The zero-order valence-electron chi connectivity index (χ0n) is 34.7. The Labute approximate surface area is 371 Å². The molecule has 0 saturated heterocycles. The monoisotopic (exact) mass is 818 g/mol. The summed E-state index contributed by atoms with van der Waals surface area (Å²) in [6.07, 6.45) is 3.66. The lowest BCUT2D eigenvalue weighted by Crippen LogP contribution is -1.96. The lowest BCUT2D eigenvalue weighted by Gasteiger charge is -2.18. The third kappa shape index (κ3) is 7.29. The molecule has 6 nitrogen and oxygen atoms in total. The van der Waals surface area contributed by atoms with Crippen molar-refractivity contribution in [1.29, 1.82) is 0 Å². The van der Waals surface area contributed by atoms with Crippen molar-refractivity contribution < 1.29 is 0 Å². The van der Waals surface area contributed by atoms with Crippen molar-refractivity contribution >= 4 is 27.6 Å². The van der Waals surface area contributed by atoms with Crippen molar-refractivity contribution in [3.8, 4) is 90.5 Å². The van der Waals surface area contributed by atoms with Gasteiger partial charge in [0.25, 0.3) is 0 Å². The SMILES string of the molecule is C=Cc1ccc(-c2c3ccccc3c(-c3ccc(-c4cccc(-c5cccc(-c6cccc(-c7cccc(-c8cccc(-c9ccccn9)n8)n7)n6)n5)n4)cc3)c3ccccc23)cc1. The van der Waals surface area contributed by atoms with E-state index in [4.69, 9.17) is 24.9 Å². The number of pyridine rings is 6. The number of benzene rings is 5. The Morgan fingerprint density at radius 1 is 0.266 bits per heavy atom. The topological polar surface area (TPSA) is 77.3 Å². The van der Waals surface area contributed by atoms with Gasteiger partial charge in [-0.05, 0) is 122 Å². The second kappa shape index (κ2) is 16.6. The first-order valence-electron chi connectivity index (χ1n) is 21.2. The molecule has 6 heteroatoms. The fourth-order valence-electron chi connectivity index (χ4n) is 8.48. The molecule has 300 valence electrons. The van der Waals surface area contributed by atoms with Gasteiger partial charge in [0.15, 0.2) is 0 Å². The van der Waals surface area contributed by atoms with E-state index in [1.807, 2.05) is 109 Å². The minimum atomic E-state index is 0.742. The van der Waals surface area contributed by atoms with Crippen LogP contribution in [0, 0.1) is 0 Å². The summed E-state index contributed by atoms with van der Waals surface area (Å²) in [6.45, 7) is 3.95. The number of hydrogen-bond acceptors (Lipinski definition) is 6. The first kappa shape index (κ1) is 38.2. The molecule has 0 aliphatic rings. The average molecular weight is 819 g/mol. The zero-order valence-corrected chi connectivity index (χ0v) is 34.7. The molecule has 0 atom stereocenters. The third-order valence-corrected chi connectivity index (χ3v) is 11.6. The van der Waals surface area contributed by atoms with Crippen LogP contribution in [-0.2, 0) is 0 Å². The van der Waals surface area contributed by atoms with Gasteiger partial charge in [-0.1, -0.05) is 146 Å². The van der Waals surface area contributed by atoms with E-state index in [1.54, 1.807) is 6.20 Å². The molecule has 0 aliphatic heterocycles. The van der Waals surface area contributed by atoms with Gasteiger partial charge in [-0.3, -0.25) is 4.98 Å². The molecule has 0 unspecified atom stereocenters. The molecular formula is C58H38N6. The quantitative estimate of drug-likeness (QED) is 0.135. The summed E-state index contributed by atoms with van der Waals surface area (Å²) < 4.78 is 0. The van der Waals surface area contributed by atoms with Gasteiger partial charge in [-0.2, -0.15) is 0 Å². The number of rotatable bonds is 9. The second-order valence-corrected chi connectivity index (χ2v) is 15.5. The Kier molecular flexibility index (Phi) is 9.91. The van der Waals surface area contributed by atoms with Gasteiger partial charge in [-0.15, -0.1) is 0 Å². The number of hydrogen-bond donors (Lipinski definition) is 0. The Hall–Kier alpha value is -8.74. The van der Waals surface area contributed by atoms with E-state index >= 15 is 0 Å². The van der Waals surface area contributed by atoms with E-state index in [1.165, 1.54) is 38.2 Å². The molecule has 0 N–H and O–H groups in total. The number of fused-ring (bicyclic) bond motifs is 2. The molecule has 11 rings (SSSR count). The molecule has 0 radical (unpaired) electrons. The van der Waals surface area contributed by atoms with E-state index in [-0.39, 0.29) is 0 Å². The zero-order chi connectivity index (χ0) is 42.8. The fourth-order valence-corrected chi connectivity index (χ4v) is 8.48. The lowest BCUT2D eigenvalue weighted by atomic mass is 9.85. The van der Waals surface area contributed by atoms with E-state index in [2.05, 4.69) is 115 Å². The maximum atomic E-state index is 5.13. The highest BCUT2D eigenvalue weighted by atomic mass is 14.9. The van der Waals surface area contributed by atoms with Crippen LogP contribution in [0.1, 0.15) is 5.56 Å². The summed E-state index contributed by atoms with van der Waals surface area (Å²) in [5, 5.41) is 4.88. The summed E-state index contributed by atoms with van der Waals surface area (Å²) >= 11 is 0. The van der Waals surface area contributed by atoms with Crippen molar-refractivity contribution in [2.24, 2.45) is 0 Å². The van der Waals surface area contributed by atoms with Crippen LogP contribution in [0.4, 0.5) is 0 Å². The van der Waals surface area contributed by atoms with Crippen LogP contribution in [0.2, 0.25) is 0 Å². The van der Waals surface area contributed by atoms with Crippen LogP contribution in [0.15, 0.2) is 219 Å². The van der Waals surface area contributed by atoms with E-state index in [0.717, 1.165) is 79.3 Å². The minimum Gasteiger partial charge on any atom is -0.255 e. The smallest absolute Gasteiger partial charge is 0.0894 e. The second-order valence-electron chi connectivity index (χ2n) is 15.5. The molecule has 0 aliphatic carbocycles. The highest BCUT2D eigenvalue weighted by Gasteiger charge is 2.17. The molecule has 0 saturated carbocycles. The lowest BCUT2D eigenvalue weighted by molar-refractivity contribution is 1.19. The first-order chi connectivity index (χ1) is 31.7. The molecule has 5 aromatic carbocycles. The van der Waals surface area contributed by atoms with Crippen molar-refractivity contribution in [2.75, 3.05) is 0 Å². The average Bonchev–Trinajstić information content (AvgIpc) is 3.38. The van der Waals surface area contributed by atoms with Crippen LogP contribution in [0.3, 0.4) is 0 Å². The molecule has 6 aromatic heterocycles. The van der Waals surface area contributed by atoms with Crippen molar-refractivity contribution in [3.05, 3.63) is 225 Å². The third-order valence-electron chi connectivity index (χ3n) is 11.6. The van der Waals surface area contributed by atoms with Crippen molar-refractivity contribution in [2.45, 2.75) is 0 Å². The van der Waals surface area contributed by atoms with E-state index in [0.29, 0.717) is 0 Å². The Morgan fingerprint density at radius 3 is 0.922 bits per heavy atom.